The molecule has 1 heterocycles. The van der Waals surface area contributed by atoms with Crippen LogP contribution in [0.5, 0.6) is 0 Å². The van der Waals surface area contributed by atoms with E-state index in [1.54, 1.807) is 18.9 Å². The SMILES string of the molecule is C=O.CON=C(C)c1ccc(Sc2ccc(C(=O)c3cc4cc(C(C)(C)CC(C)(C)C)ccc4o3)cc2)cc1. The summed E-state index contributed by atoms with van der Waals surface area (Å²) >= 11 is 1.64. The molecule has 0 saturated carbocycles. The molecule has 0 fully saturated rings. The van der Waals surface area contributed by atoms with Crippen LogP contribution in [0.25, 0.3) is 11.0 Å². The highest BCUT2D eigenvalue weighted by Crippen LogP contribution is 2.38. The van der Waals surface area contributed by atoms with Crippen LogP contribution in [-0.4, -0.2) is 25.4 Å². The van der Waals surface area contributed by atoms with Gasteiger partial charge in [-0.25, -0.2) is 0 Å². The largest absolute Gasteiger partial charge is 0.453 e. The highest BCUT2D eigenvalue weighted by Gasteiger charge is 2.28. The minimum absolute atomic E-state index is 0.0258. The van der Waals surface area contributed by atoms with Crippen molar-refractivity contribution < 1.29 is 18.8 Å². The smallest absolute Gasteiger partial charge is 0.228 e. The lowest BCUT2D eigenvalue weighted by Crippen LogP contribution is -2.24. The van der Waals surface area contributed by atoms with Crippen LogP contribution in [0.4, 0.5) is 0 Å². The Balaban J connectivity index is 0.00000205. The monoisotopic (exact) mass is 543 g/mol. The fourth-order valence-corrected chi connectivity index (χ4v) is 5.73. The Morgan fingerprint density at radius 2 is 1.44 bits per heavy atom. The predicted octanol–water partition coefficient (Wildman–Crippen LogP) is 8.71. The molecule has 0 aliphatic rings. The molecule has 204 valence electrons. The molecule has 0 bridgehead atoms. The van der Waals surface area contributed by atoms with Gasteiger partial charge in [-0.05, 0) is 89.9 Å². The van der Waals surface area contributed by atoms with Crippen LogP contribution in [0.1, 0.15) is 75.2 Å². The van der Waals surface area contributed by atoms with Crippen LogP contribution in [0.2, 0.25) is 0 Å². The van der Waals surface area contributed by atoms with E-state index < -0.39 is 0 Å². The second-order valence-corrected chi connectivity index (χ2v) is 12.5. The maximum absolute atomic E-state index is 13.2. The summed E-state index contributed by atoms with van der Waals surface area (Å²) in [5.74, 6) is 0.255. The third kappa shape index (κ3) is 7.70. The first-order valence-electron chi connectivity index (χ1n) is 12.8. The van der Waals surface area contributed by atoms with Crippen molar-refractivity contribution >= 4 is 41.0 Å². The Hall–Kier alpha value is -3.64. The molecule has 0 aliphatic carbocycles. The zero-order valence-electron chi connectivity index (χ0n) is 23.8. The predicted molar refractivity (Wildman–Crippen MR) is 160 cm³/mol. The number of rotatable bonds is 8. The Morgan fingerprint density at radius 3 is 1.97 bits per heavy atom. The number of hydrogen-bond donors (Lipinski definition) is 0. The minimum atomic E-state index is -0.111. The summed E-state index contributed by atoms with van der Waals surface area (Å²) in [7, 11) is 1.54. The maximum atomic E-state index is 13.2. The Bertz CT molecular complexity index is 1440. The molecule has 6 heteroatoms. The van der Waals surface area contributed by atoms with Gasteiger partial charge in [-0.1, -0.05) is 69.7 Å². The molecule has 4 aromatic rings. The van der Waals surface area contributed by atoms with E-state index in [0.717, 1.165) is 38.5 Å². The van der Waals surface area contributed by atoms with E-state index in [4.69, 9.17) is 14.0 Å². The molecular weight excluding hydrogens is 506 g/mol. The summed E-state index contributed by atoms with van der Waals surface area (Å²) in [4.78, 5) is 28.2. The van der Waals surface area contributed by atoms with Gasteiger partial charge in [-0.2, -0.15) is 0 Å². The summed E-state index contributed by atoms with van der Waals surface area (Å²) < 4.78 is 5.95. The Kier molecular flexibility index (Phi) is 9.57. The number of carbonyl (C=O) groups excluding carboxylic acids is 2. The molecule has 39 heavy (non-hydrogen) atoms. The fraction of sp³-hybridized carbons (Fsp3) is 0.303. The van der Waals surface area contributed by atoms with Crippen molar-refractivity contribution in [3.8, 4) is 0 Å². The summed E-state index contributed by atoms with van der Waals surface area (Å²) in [6, 6.07) is 24.0. The molecule has 0 spiro atoms. The molecule has 1 aromatic heterocycles. The van der Waals surface area contributed by atoms with Gasteiger partial charge >= 0.3 is 0 Å². The first kappa shape index (κ1) is 29.9. The van der Waals surface area contributed by atoms with Crippen molar-refractivity contribution in [1.82, 2.24) is 0 Å². The van der Waals surface area contributed by atoms with Gasteiger partial charge in [0.05, 0.1) is 5.71 Å². The number of oxime groups is 1. The van der Waals surface area contributed by atoms with Crippen molar-refractivity contribution in [3.05, 3.63) is 95.2 Å². The lowest BCUT2D eigenvalue weighted by atomic mass is 9.72. The van der Waals surface area contributed by atoms with Gasteiger partial charge in [0.1, 0.15) is 19.5 Å². The van der Waals surface area contributed by atoms with E-state index in [1.165, 1.54) is 5.56 Å². The Morgan fingerprint density at radius 1 is 0.872 bits per heavy atom. The molecule has 4 rings (SSSR count). The zero-order valence-corrected chi connectivity index (χ0v) is 24.6. The number of furan rings is 1. The van der Waals surface area contributed by atoms with E-state index in [-0.39, 0.29) is 16.6 Å². The first-order chi connectivity index (χ1) is 18.4. The maximum Gasteiger partial charge on any atom is 0.228 e. The van der Waals surface area contributed by atoms with Crippen LogP contribution in [0, 0.1) is 5.41 Å². The average molecular weight is 544 g/mol. The molecule has 0 N–H and O–H groups in total. The second-order valence-electron chi connectivity index (χ2n) is 11.3. The lowest BCUT2D eigenvalue weighted by Gasteiger charge is -2.33. The quantitative estimate of drug-likeness (QED) is 0.126. The number of carbonyl (C=O) groups is 2. The molecule has 0 amide bonds. The number of ketones is 1. The van der Waals surface area contributed by atoms with E-state index in [2.05, 4.69) is 64.0 Å². The number of hydrogen-bond acceptors (Lipinski definition) is 6. The third-order valence-corrected chi connectivity index (χ3v) is 7.36. The molecule has 0 saturated heterocycles. The van der Waals surface area contributed by atoms with Crippen molar-refractivity contribution in [1.29, 1.82) is 0 Å². The molecule has 0 radical (unpaired) electrons. The standard InChI is InChI=1S/C32H35NO3S.CH2O/c1-21(33-35-7)22-8-13-26(14-9-22)37-27-15-10-23(11-16-27)30(34)29-19-24-18-25(12-17-28(24)36-29)32(5,6)20-31(2,3)4;1-2/h8-19H,20H2,1-7H3;1H2. The highest BCUT2D eigenvalue weighted by atomic mass is 32.2. The zero-order chi connectivity index (χ0) is 28.8. The highest BCUT2D eigenvalue weighted by molar-refractivity contribution is 7.99. The molecule has 5 nitrogen and oxygen atoms in total. The molecule has 0 aliphatic heterocycles. The van der Waals surface area contributed by atoms with E-state index in [9.17, 15) is 4.79 Å². The Labute approximate surface area is 235 Å². The van der Waals surface area contributed by atoms with Crippen molar-refractivity contribution in [3.63, 3.8) is 0 Å². The van der Waals surface area contributed by atoms with Gasteiger partial charge in [0.15, 0.2) is 5.76 Å². The second kappa shape index (κ2) is 12.5. The summed E-state index contributed by atoms with van der Waals surface area (Å²) in [5, 5.41) is 4.93. The van der Waals surface area contributed by atoms with Crippen LogP contribution in [0.15, 0.2) is 92.2 Å². The fourth-order valence-electron chi connectivity index (χ4n) is 4.91. The topological polar surface area (TPSA) is 68.9 Å². The van der Waals surface area contributed by atoms with E-state index in [0.29, 0.717) is 11.3 Å². The van der Waals surface area contributed by atoms with E-state index >= 15 is 0 Å². The molecule has 0 unspecified atom stereocenters. The summed E-state index contributed by atoms with van der Waals surface area (Å²) in [6.45, 7) is 15.3. The minimum Gasteiger partial charge on any atom is -0.453 e. The van der Waals surface area contributed by atoms with Crippen LogP contribution in [-0.2, 0) is 15.0 Å². The molecular formula is C33H37NO4S. The van der Waals surface area contributed by atoms with Gasteiger partial charge in [0, 0.05) is 20.7 Å². The van der Waals surface area contributed by atoms with Crippen molar-refractivity contribution in [2.24, 2.45) is 10.6 Å². The third-order valence-electron chi connectivity index (χ3n) is 6.35. The van der Waals surface area contributed by atoms with Crippen molar-refractivity contribution in [2.45, 2.75) is 63.2 Å². The molecule has 0 atom stereocenters. The van der Waals surface area contributed by atoms with Crippen LogP contribution in [0.3, 0.4) is 0 Å². The van der Waals surface area contributed by atoms with Gasteiger partial charge in [-0.3, -0.25) is 4.79 Å². The van der Waals surface area contributed by atoms with Gasteiger partial charge < -0.3 is 14.0 Å². The number of benzene rings is 3. The van der Waals surface area contributed by atoms with Crippen molar-refractivity contribution in [2.75, 3.05) is 7.11 Å². The van der Waals surface area contributed by atoms with Crippen LogP contribution < -0.4 is 0 Å². The summed E-state index contributed by atoms with van der Waals surface area (Å²) in [6.07, 6.45) is 1.06. The molecule has 3 aromatic carbocycles. The normalized spacial score (nSPS) is 12.1. The summed E-state index contributed by atoms with van der Waals surface area (Å²) in [5.41, 5.74) is 4.70. The average Bonchev–Trinajstić information content (AvgIpc) is 3.33. The van der Waals surface area contributed by atoms with Gasteiger partial charge in [0.2, 0.25) is 5.78 Å². The van der Waals surface area contributed by atoms with Gasteiger partial charge in [-0.15, -0.1) is 0 Å². The lowest BCUT2D eigenvalue weighted by molar-refractivity contribution is -0.0980. The van der Waals surface area contributed by atoms with E-state index in [1.807, 2.05) is 62.2 Å². The van der Waals surface area contributed by atoms with Gasteiger partial charge in [0.25, 0.3) is 0 Å². The van der Waals surface area contributed by atoms with Crippen LogP contribution >= 0.6 is 11.8 Å². The number of fused-ring (bicyclic) bond motifs is 1. The number of nitrogens with zero attached hydrogens (tertiary/aromatic N) is 1. The first-order valence-corrected chi connectivity index (χ1v) is 13.6.